The van der Waals surface area contributed by atoms with Crippen LogP contribution in [0.25, 0.3) is 0 Å². The first kappa shape index (κ1) is 25.5. The summed E-state index contributed by atoms with van der Waals surface area (Å²) in [6.45, 7) is 8.37. The van der Waals surface area contributed by atoms with Crippen molar-refractivity contribution in [2.24, 2.45) is 5.41 Å². The quantitative estimate of drug-likeness (QED) is 0.500. The largest absolute Gasteiger partial charge is 0.493 e. The van der Waals surface area contributed by atoms with E-state index in [1.807, 2.05) is 52.0 Å². The number of benzene rings is 1. The molecule has 2 amide bonds. The fraction of sp³-hybridized carbons (Fsp3) is 0.435. The second-order valence-corrected chi connectivity index (χ2v) is 9.82. The predicted molar refractivity (Wildman–Crippen MR) is 121 cm³/mol. The normalized spacial score (nSPS) is 19.1. The molecule has 2 aromatic rings. The molecule has 0 saturated carbocycles. The molecule has 1 aliphatic heterocycles. The van der Waals surface area contributed by atoms with Crippen LogP contribution in [0, 0.1) is 19.3 Å². The maximum absolute atomic E-state index is 12.2. The highest BCUT2D eigenvalue weighted by atomic mass is 32.2. The van der Waals surface area contributed by atoms with Crippen molar-refractivity contribution in [3.8, 4) is 5.75 Å². The first-order valence-electron chi connectivity index (χ1n) is 10.2. The number of nitrogens with one attached hydrogen (secondary N) is 1. The SMILES string of the molecule is CS(=O)(=O)O.Cc1cc(OCCc2ccc(C(C)[C@]3(C)CC(=O)NC3=O)cc2)cc(C)n1. The molecule has 1 aromatic carbocycles. The number of aromatic nitrogens is 1. The van der Waals surface area contributed by atoms with E-state index in [1.54, 1.807) is 0 Å². The number of hydrogen-bond donors (Lipinski definition) is 2. The Morgan fingerprint density at radius 3 is 2.16 bits per heavy atom. The lowest BCUT2D eigenvalue weighted by Gasteiger charge is -2.28. The molecule has 0 bridgehead atoms. The number of aryl methyl sites for hydroxylation is 2. The van der Waals surface area contributed by atoms with Crippen LogP contribution in [-0.2, 0) is 26.1 Å². The van der Waals surface area contributed by atoms with Gasteiger partial charge in [-0.2, -0.15) is 8.42 Å². The minimum absolute atomic E-state index is 0.0305. The van der Waals surface area contributed by atoms with Gasteiger partial charge in [0.15, 0.2) is 0 Å². The second kappa shape index (κ2) is 10.2. The fourth-order valence-electron chi connectivity index (χ4n) is 3.58. The summed E-state index contributed by atoms with van der Waals surface area (Å²) in [5.74, 6) is 0.442. The molecule has 0 aliphatic carbocycles. The summed E-state index contributed by atoms with van der Waals surface area (Å²) in [5, 5.41) is 2.42. The van der Waals surface area contributed by atoms with Gasteiger partial charge in [0.25, 0.3) is 10.1 Å². The van der Waals surface area contributed by atoms with E-state index >= 15 is 0 Å². The molecule has 1 unspecified atom stereocenters. The Bertz CT molecular complexity index is 1050. The molecule has 174 valence electrons. The molecule has 3 rings (SSSR count). The van der Waals surface area contributed by atoms with Gasteiger partial charge in [-0.25, -0.2) is 0 Å². The topological polar surface area (TPSA) is 123 Å². The summed E-state index contributed by atoms with van der Waals surface area (Å²) in [4.78, 5) is 28.1. The number of imide groups is 1. The van der Waals surface area contributed by atoms with Gasteiger partial charge >= 0.3 is 0 Å². The van der Waals surface area contributed by atoms with E-state index in [9.17, 15) is 18.0 Å². The van der Waals surface area contributed by atoms with Gasteiger partial charge in [0.05, 0.1) is 18.3 Å². The highest BCUT2D eigenvalue weighted by Gasteiger charge is 2.46. The summed E-state index contributed by atoms with van der Waals surface area (Å²) in [7, 11) is -3.67. The van der Waals surface area contributed by atoms with Crippen LogP contribution < -0.4 is 10.1 Å². The lowest BCUT2D eigenvalue weighted by Crippen LogP contribution is -2.33. The molecular formula is C23H30N2O6S. The summed E-state index contributed by atoms with van der Waals surface area (Å²) >= 11 is 0. The van der Waals surface area contributed by atoms with Crippen LogP contribution >= 0.6 is 0 Å². The Labute approximate surface area is 189 Å². The van der Waals surface area contributed by atoms with E-state index in [4.69, 9.17) is 9.29 Å². The summed E-state index contributed by atoms with van der Waals surface area (Å²) < 4.78 is 31.7. The highest BCUT2D eigenvalue weighted by molar-refractivity contribution is 7.85. The summed E-state index contributed by atoms with van der Waals surface area (Å²) in [6.07, 6.45) is 1.76. The molecule has 0 radical (unpaired) electrons. The van der Waals surface area contributed by atoms with Gasteiger partial charge in [0.1, 0.15) is 5.75 Å². The minimum Gasteiger partial charge on any atom is -0.493 e. The zero-order valence-electron chi connectivity index (χ0n) is 19.0. The van der Waals surface area contributed by atoms with Crippen molar-refractivity contribution in [1.29, 1.82) is 0 Å². The van der Waals surface area contributed by atoms with Gasteiger partial charge in [0, 0.05) is 36.4 Å². The maximum Gasteiger partial charge on any atom is 0.261 e. The Balaban J connectivity index is 0.000000654. The number of rotatable bonds is 6. The van der Waals surface area contributed by atoms with Crippen LogP contribution in [-0.4, -0.2) is 42.6 Å². The van der Waals surface area contributed by atoms with Gasteiger partial charge < -0.3 is 4.74 Å². The number of hydrogen-bond acceptors (Lipinski definition) is 6. The van der Waals surface area contributed by atoms with Gasteiger partial charge in [0.2, 0.25) is 11.8 Å². The van der Waals surface area contributed by atoms with Crippen molar-refractivity contribution in [2.75, 3.05) is 12.9 Å². The van der Waals surface area contributed by atoms with Crippen LogP contribution in [0.2, 0.25) is 0 Å². The molecule has 1 saturated heterocycles. The third-order valence-corrected chi connectivity index (χ3v) is 5.45. The lowest BCUT2D eigenvalue weighted by atomic mass is 9.73. The van der Waals surface area contributed by atoms with E-state index in [0.29, 0.717) is 12.9 Å². The van der Waals surface area contributed by atoms with Crippen molar-refractivity contribution in [3.63, 3.8) is 0 Å². The first-order valence-corrected chi connectivity index (χ1v) is 12.1. The standard InChI is InChI=1S/C22H26N2O3.CH4O3S/c1-14-11-19(12-15(2)23-14)27-10-9-17-5-7-18(8-6-17)16(3)22(4)13-20(25)24-21(22)26;1-5(2,3)4/h5-8,11-12,16H,9-10,13H2,1-4H3,(H,24,25,26);1H3,(H,2,3,4)/t16?,22-;/m0./s1. The van der Waals surface area contributed by atoms with Crippen molar-refractivity contribution >= 4 is 21.9 Å². The van der Waals surface area contributed by atoms with E-state index in [-0.39, 0.29) is 24.2 Å². The van der Waals surface area contributed by atoms with Crippen molar-refractivity contribution < 1.29 is 27.3 Å². The van der Waals surface area contributed by atoms with E-state index in [2.05, 4.69) is 22.4 Å². The number of amides is 2. The van der Waals surface area contributed by atoms with E-state index < -0.39 is 15.5 Å². The van der Waals surface area contributed by atoms with E-state index in [1.165, 1.54) is 5.56 Å². The molecule has 9 heteroatoms. The Hall–Kier alpha value is -2.78. The summed E-state index contributed by atoms with van der Waals surface area (Å²) in [6, 6.07) is 12.1. The Morgan fingerprint density at radius 1 is 1.16 bits per heavy atom. The number of carbonyl (C=O) groups excluding carboxylic acids is 2. The molecule has 2 atom stereocenters. The highest BCUT2D eigenvalue weighted by Crippen LogP contribution is 2.41. The smallest absolute Gasteiger partial charge is 0.261 e. The van der Waals surface area contributed by atoms with Crippen LogP contribution in [0.4, 0.5) is 0 Å². The molecule has 32 heavy (non-hydrogen) atoms. The van der Waals surface area contributed by atoms with Crippen LogP contribution in [0.5, 0.6) is 5.75 Å². The van der Waals surface area contributed by atoms with Gasteiger partial charge in [-0.1, -0.05) is 31.2 Å². The average molecular weight is 463 g/mol. The van der Waals surface area contributed by atoms with Crippen LogP contribution in [0.1, 0.15) is 48.7 Å². The molecule has 1 aromatic heterocycles. The van der Waals surface area contributed by atoms with Gasteiger partial charge in [-0.15, -0.1) is 0 Å². The third-order valence-electron chi connectivity index (χ3n) is 5.45. The predicted octanol–water partition coefficient (Wildman–Crippen LogP) is 2.98. The lowest BCUT2D eigenvalue weighted by molar-refractivity contribution is -0.128. The van der Waals surface area contributed by atoms with Crippen LogP contribution in [0.15, 0.2) is 36.4 Å². The maximum atomic E-state index is 12.2. The molecular weight excluding hydrogens is 432 g/mol. The van der Waals surface area contributed by atoms with E-state index in [0.717, 1.165) is 29.1 Å². The Kier molecular flexibility index (Phi) is 8.14. The monoisotopic (exact) mass is 462 g/mol. The Morgan fingerprint density at radius 2 is 1.69 bits per heavy atom. The first-order chi connectivity index (χ1) is 14.8. The van der Waals surface area contributed by atoms with Crippen molar-refractivity contribution in [2.45, 2.75) is 46.5 Å². The van der Waals surface area contributed by atoms with Gasteiger partial charge in [-0.05, 0) is 37.8 Å². The summed E-state index contributed by atoms with van der Waals surface area (Å²) in [5.41, 5.74) is 3.45. The fourth-order valence-corrected chi connectivity index (χ4v) is 3.58. The average Bonchev–Trinajstić information content (AvgIpc) is 2.92. The van der Waals surface area contributed by atoms with Gasteiger partial charge in [-0.3, -0.25) is 24.4 Å². The molecule has 2 N–H and O–H groups in total. The minimum atomic E-state index is -3.67. The second-order valence-electron chi connectivity index (χ2n) is 8.35. The van der Waals surface area contributed by atoms with Crippen molar-refractivity contribution in [1.82, 2.24) is 10.3 Å². The number of carbonyl (C=O) groups is 2. The molecule has 2 heterocycles. The third kappa shape index (κ3) is 7.42. The molecule has 0 spiro atoms. The van der Waals surface area contributed by atoms with Crippen molar-refractivity contribution in [3.05, 3.63) is 58.9 Å². The molecule has 1 fully saturated rings. The molecule has 8 nitrogen and oxygen atoms in total. The molecule has 1 aliphatic rings. The zero-order chi connectivity index (χ0) is 24.1. The van der Waals surface area contributed by atoms with Crippen LogP contribution in [0.3, 0.4) is 0 Å². The number of pyridine rings is 1. The number of ether oxygens (including phenoxy) is 1. The zero-order valence-corrected chi connectivity index (χ0v) is 19.8. The number of nitrogens with zero attached hydrogens (tertiary/aromatic N) is 1.